The zero-order chi connectivity index (χ0) is 14.6. The molecule has 108 valence electrons. The molecule has 0 aliphatic rings. The van der Waals surface area contributed by atoms with Crippen molar-refractivity contribution in [2.24, 2.45) is 0 Å². The van der Waals surface area contributed by atoms with Crippen LogP contribution in [0.2, 0.25) is 0 Å². The Balaban J connectivity index is 2.81. The van der Waals surface area contributed by atoms with Crippen molar-refractivity contribution in [3.63, 3.8) is 0 Å². The Hall–Kier alpha value is -1.13. The van der Waals surface area contributed by atoms with Gasteiger partial charge < -0.3 is 15.5 Å². The summed E-state index contributed by atoms with van der Waals surface area (Å²) < 4.78 is 37.2. The van der Waals surface area contributed by atoms with Gasteiger partial charge >= 0.3 is 6.18 Å². The van der Waals surface area contributed by atoms with Gasteiger partial charge in [0.25, 0.3) is 5.56 Å². The van der Waals surface area contributed by atoms with Crippen LogP contribution < -0.4 is 10.9 Å². The predicted octanol–water partition coefficient (Wildman–Crippen LogP) is 0.333. The molecule has 0 radical (unpaired) electrons. The standard InChI is InChI=1S/C9H11BrF3N3O3/c10-7-5(14-4-6(18)9(11,12)13)3-15-16(1-2-17)8(7)19/h3,6,14,17-18H,1-2,4H2. The van der Waals surface area contributed by atoms with Crippen molar-refractivity contribution in [3.8, 4) is 0 Å². The number of aromatic nitrogens is 2. The van der Waals surface area contributed by atoms with Crippen molar-refractivity contribution < 1.29 is 23.4 Å². The van der Waals surface area contributed by atoms with E-state index in [4.69, 9.17) is 10.2 Å². The maximum atomic E-state index is 12.1. The Kier molecular flexibility index (Phi) is 5.32. The maximum Gasteiger partial charge on any atom is 0.416 e. The number of aliphatic hydroxyl groups is 2. The lowest BCUT2D eigenvalue weighted by molar-refractivity contribution is -0.198. The van der Waals surface area contributed by atoms with Gasteiger partial charge in [-0.25, -0.2) is 4.68 Å². The highest BCUT2D eigenvalue weighted by atomic mass is 79.9. The van der Waals surface area contributed by atoms with Crippen LogP contribution in [0.15, 0.2) is 15.5 Å². The van der Waals surface area contributed by atoms with Crippen LogP contribution >= 0.6 is 15.9 Å². The molecule has 0 aromatic carbocycles. The third-order valence-electron chi connectivity index (χ3n) is 2.16. The number of anilines is 1. The topological polar surface area (TPSA) is 87.4 Å². The second-order valence-electron chi connectivity index (χ2n) is 3.56. The molecule has 1 atom stereocenters. The van der Waals surface area contributed by atoms with E-state index in [-0.39, 0.29) is 23.3 Å². The SMILES string of the molecule is O=c1c(Br)c(NCC(O)C(F)(F)F)cnn1CCO. The van der Waals surface area contributed by atoms with E-state index >= 15 is 0 Å². The first-order chi connectivity index (χ1) is 8.77. The largest absolute Gasteiger partial charge is 0.416 e. The van der Waals surface area contributed by atoms with Crippen LogP contribution in [0.1, 0.15) is 0 Å². The summed E-state index contributed by atoms with van der Waals surface area (Å²) in [6.45, 7) is -1.12. The summed E-state index contributed by atoms with van der Waals surface area (Å²) in [7, 11) is 0. The van der Waals surface area contributed by atoms with Gasteiger partial charge in [0.2, 0.25) is 0 Å². The first kappa shape index (κ1) is 15.9. The fourth-order valence-corrected chi connectivity index (χ4v) is 1.61. The van der Waals surface area contributed by atoms with Crippen LogP contribution in [0.4, 0.5) is 18.9 Å². The number of nitrogens with zero attached hydrogens (tertiary/aromatic N) is 2. The minimum atomic E-state index is -4.74. The molecule has 1 heterocycles. The van der Waals surface area contributed by atoms with Gasteiger partial charge in [-0.05, 0) is 15.9 Å². The Morgan fingerprint density at radius 1 is 1.53 bits per heavy atom. The molecule has 0 aliphatic carbocycles. The molecule has 1 aromatic rings. The molecule has 10 heteroatoms. The molecule has 0 spiro atoms. The van der Waals surface area contributed by atoms with Crippen LogP contribution in [-0.2, 0) is 6.54 Å². The molecule has 0 fully saturated rings. The smallest absolute Gasteiger partial charge is 0.394 e. The van der Waals surface area contributed by atoms with E-state index in [1.165, 1.54) is 0 Å². The zero-order valence-corrected chi connectivity index (χ0v) is 11.1. The molecule has 1 unspecified atom stereocenters. The van der Waals surface area contributed by atoms with Gasteiger partial charge in [-0.15, -0.1) is 0 Å². The summed E-state index contributed by atoms with van der Waals surface area (Å²) in [5, 5.41) is 23.4. The average molecular weight is 346 g/mol. The van der Waals surface area contributed by atoms with Crippen molar-refractivity contribution in [3.05, 3.63) is 21.0 Å². The molecule has 0 saturated carbocycles. The molecule has 1 aromatic heterocycles. The minimum absolute atomic E-state index is 0.0228. The highest BCUT2D eigenvalue weighted by molar-refractivity contribution is 9.10. The van der Waals surface area contributed by atoms with Crippen molar-refractivity contribution >= 4 is 21.6 Å². The monoisotopic (exact) mass is 345 g/mol. The van der Waals surface area contributed by atoms with E-state index in [9.17, 15) is 18.0 Å². The summed E-state index contributed by atoms with van der Waals surface area (Å²) in [6.07, 6.45) is -6.15. The van der Waals surface area contributed by atoms with Crippen molar-refractivity contribution in [2.75, 3.05) is 18.5 Å². The number of hydrogen-bond donors (Lipinski definition) is 3. The van der Waals surface area contributed by atoms with Gasteiger partial charge in [0, 0.05) is 6.54 Å². The fourth-order valence-electron chi connectivity index (χ4n) is 1.16. The van der Waals surface area contributed by atoms with Crippen LogP contribution in [0.5, 0.6) is 0 Å². The van der Waals surface area contributed by atoms with Crippen LogP contribution in [0.25, 0.3) is 0 Å². The summed E-state index contributed by atoms with van der Waals surface area (Å²) in [4.78, 5) is 11.6. The summed E-state index contributed by atoms with van der Waals surface area (Å²) in [5.74, 6) is 0. The van der Waals surface area contributed by atoms with Crippen LogP contribution in [0.3, 0.4) is 0 Å². The van der Waals surface area contributed by atoms with Gasteiger partial charge in [0.15, 0.2) is 6.10 Å². The van der Waals surface area contributed by atoms with Gasteiger partial charge in [-0.3, -0.25) is 4.79 Å². The van der Waals surface area contributed by atoms with Gasteiger partial charge in [-0.2, -0.15) is 18.3 Å². The molecule has 19 heavy (non-hydrogen) atoms. The summed E-state index contributed by atoms with van der Waals surface area (Å²) >= 11 is 2.92. The summed E-state index contributed by atoms with van der Waals surface area (Å²) in [6, 6.07) is 0. The lowest BCUT2D eigenvalue weighted by Crippen LogP contribution is -2.35. The van der Waals surface area contributed by atoms with Crippen molar-refractivity contribution in [1.29, 1.82) is 0 Å². The third kappa shape index (κ3) is 4.18. The predicted molar refractivity (Wildman–Crippen MR) is 63.8 cm³/mol. The quantitative estimate of drug-likeness (QED) is 0.716. The average Bonchev–Trinajstić information content (AvgIpc) is 2.32. The normalized spacial score (nSPS) is 13.4. The molecule has 0 bridgehead atoms. The second-order valence-corrected chi connectivity index (χ2v) is 4.36. The molecule has 1 rings (SSSR count). The highest BCUT2D eigenvalue weighted by Crippen LogP contribution is 2.21. The van der Waals surface area contributed by atoms with E-state index in [0.717, 1.165) is 10.9 Å². The van der Waals surface area contributed by atoms with E-state index in [1.807, 2.05) is 0 Å². The number of rotatable bonds is 5. The number of halogens is 4. The van der Waals surface area contributed by atoms with Crippen molar-refractivity contribution in [1.82, 2.24) is 9.78 Å². The lowest BCUT2D eigenvalue weighted by atomic mass is 10.3. The maximum absolute atomic E-state index is 12.1. The van der Waals surface area contributed by atoms with E-state index in [2.05, 4.69) is 26.3 Å². The number of hydrogen-bond acceptors (Lipinski definition) is 5. The molecule has 0 saturated heterocycles. The molecule has 6 nitrogen and oxygen atoms in total. The van der Waals surface area contributed by atoms with E-state index < -0.39 is 24.4 Å². The number of aliphatic hydroxyl groups excluding tert-OH is 2. The molecular formula is C9H11BrF3N3O3. The Morgan fingerprint density at radius 3 is 2.68 bits per heavy atom. The van der Waals surface area contributed by atoms with Crippen LogP contribution in [-0.4, -0.2) is 45.4 Å². The minimum Gasteiger partial charge on any atom is -0.394 e. The zero-order valence-electron chi connectivity index (χ0n) is 9.48. The number of nitrogens with one attached hydrogen (secondary N) is 1. The Labute approximate surface area is 114 Å². The molecular weight excluding hydrogens is 335 g/mol. The first-order valence-electron chi connectivity index (χ1n) is 5.12. The number of alkyl halides is 3. The third-order valence-corrected chi connectivity index (χ3v) is 2.93. The van der Waals surface area contributed by atoms with Gasteiger partial charge in [-0.1, -0.05) is 0 Å². The van der Waals surface area contributed by atoms with Crippen molar-refractivity contribution in [2.45, 2.75) is 18.8 Å². The second kappa shape index (κ2) is 6.35. The lowest BCUT2D eigenvalue weighted by Gasteiger charge is -2.16. The summed E-state index contributed by atoms with van der Waals surface area (Å²) in [5.41, 5.74) is -0.567. The molecule has 0 amide bonds. The van der Waals surface area contributed by atoms with Gasteiger partial charge in [0.1, 0.15) is 4.47 Å². The first-order valence-corrected chi connectivity index (χ1v) is 5.91. The fraction of sp³-hybridized carbons (Fsp3) is 0.556. The Bertz CT molecular complexity index is 492. The van der Waals surface area contributed by atoms with E-state index in [1.54, 1.807) is 0 Å². The Morgan fingerprint density at radius 2 is 2.16 bits per heavy atom. The van der Waals surface area contributed by atoms with E-state index in [0.29, 0.717) is 0 Å². The molecule has 3 N–H and O–H groups in total. The van der Waals surface area contributed by atoms with Gasteiger partial charge in [0.05, 0.1) is 25.0 Å². The highest BCUT2D eigenvalue weighted by Gasteiger charge is 2.37. The molecule has 0 aliphatic heterocycles. The van der Waals surface area contributed by atoms with Crippen LogP contribution in [0, 0.1) is 0 Å².